The number of pyridine rings is 1. The summed E-state index contributed by atoms with van der Waals surface area (Å²) in [5, 5.41) is 15.1. The van der Waals surface area contributed by atoms with Crippen LogP contribution in [0.1, 0.15) is 23.5 Å². The predicted octanol–water partition coefficient (Wildman–Crippen LogP) is 3.38. The molecule has 0 saturated carbocycles. The zero-order chi connectivity index (χ0) is 19.0. The van der Waals surface area contributed by atoms with Gasteiger partial charge in [0.25, 0.3) is 5.69 Å². The summed E-state index contributed by atoms with van der Waals surface area (Å²) in [5.41, 5.74) is 2.65. The summed E-state index contributed by atoms with van der Waals surface area (Å²) in [6.45, 7) is 0. The summed E-state index contributed by atoms with van der Waals surface area (Å²) in [5.74, 6) is 0. The van der Waals surface area contributed by atoms with Gasteiger partial charge in [0.05, 0.1) is 28.4 Å². The van der Waals surface area contributed by atoms with E-state index in [1.54, 1.807) is 18.3 Å². The standard InChI is InChI=1S/C19H17N5O2S/c1-22-18(17(21-19(22)27)15-8-2-3-10-20-15)16-9-5-11-23(16)13-6-4-7-14(12-13)24(25)26/h2-12,17-18H,1H3,(H,21,27)/t17-,18-/m0/s1. The number of rotatable bonds is 4. The van der Waals surface area contributed by atoms with Crippen LogP contribution in [0.5, 0.6) is 0 Å². The summed E-state index contributed by atoms with van der Waals surface area (Å²) in [7, 11) is 1.94. The number of hydrogen-bond donors (Lipinski definition) is 1. The van der Waals surface area contributed by atoms with Gasteiger partial charge in [0.1, 0.15) is 0 Å². The number of likely N-dealkylation sites (N-methyl/N-ethyl adjacent to an activating group) is 1. The number of nitro groups is 1. The fraction of sp³-hybridized carbons (Fsp3) is 0.158. The molecule has 7 nitrogen and oxygen atoms in total. The molecule has 0 unspecified atom stereocenters. The Balaban J connectivity index is 1.79. The first kappa shape index (κ1) is 17.2. The molecule has 27 heavy (non-hydrogen) atoms. The van der Waals surface area contributed by atoms with Crippen molar-refractivity contribution in [1.82, 2.24) is 19.8 Å². The maximum Gasteiger partial charge on any atom is 0.271 e. The highest BCUT2D eigenvalue weighted by Gasteiger charge is 2.39. The Bertz CT molecular complexity index is 1000. The molecule has 1 aliphatic rings. The van der Waals surface area contributed by atoms with Gasteiger partial charge in [-0.3, -0.25) is 15.1 Å². The summed E-state index contributed by atoms with van der Waals surface area (Å²) < 4.78 is 1.96. The van der Waals surface area contributed by atoms with Gasteiger partial charge in [-0.05, 0) is 42.5 Å². The Morgan fingerprint density at radius 2 is 2.04 bits per heavy atom. The lowest BCUT2D eigenvalue weighted by atomic mass is 10.0. The van der Waals surface area contributed by atoms with Crippen LogP contribution in [0, 0.1) is 10.1 Å². The van der Waals surface area contributed by atoms with E-state index < -0.39 is 0 Å². The van der Waals surface area contributed by atoms with Crippen LogP contribution < -0.4 is 5.32 Å². The topological polar surface area (TPSA) is 76.2 Å². The van der Waals surface area contributed by atoms with Gasteiger partial charge < -0.3 is 14.8 Å². The fourth-order valence-corrected chi connectivity index (χ4v) is 3.70. The van der Waals surface area contributed by atoms with Gasteiger partial charge in [-0.2, -0.15) is 0 Å². The smallest absolute Gasteiger partial charge is 0.271 e. The predicted molar refractivity (Wildman–Crippen MR) is 106 cm³/mol. The minimum Gasteiger partial charge on any atom is -0.352 e. The first-order chi connectivity index (χ1) is 13.1. The van der Waals surface area contributed by atoms with Crippen LogP contribution in [0.4, 0.5) is 5.69 Å². The zero-order valence-corrected chi connectivity index (χ0v) is 15.3. The van der Waals surface area contributed by atoms with Gasteiger partial charge in [0, 0.05) is 37.3 Å². The number of non-ortho nitro benzene ring substituents is 1. The van der Waals surface area contributed by atoms with Gasteiger partial charge in [0.2, 0.25) is 0 Å². The maximum absolute atomic E-state index is 11.1. The highest BCUT2D eigenvalue weighted by atomic mass is 32.1. The van der Waals surface area contributed by atoms with Crippen molar-refractivity contribution in [2.45, 2.75) is 12.1 Å². The Hall–Kier alpha value is -3.26. The molecule has 0 aliphatic carbocycles. The molecule has 1 aliphatic heterocycles. The first-order valence-electron chi connectivity index (χ1n) is 8.42. The number of benzene rings is 1. The Labute approximate surface area is 161 Å². The van der Waals surface area contributed by atoms with E-state index in [9.17, 15) is 10.1 Å². The molecule has 1 aromatic carbocycles. The van der Waals surface area contributed by atoms with Gasteiger partial charge in [0.15, 0.2) is 5.11 Å². The van der Waals surface area contributed by atoms with Crippen LogP contribution in [-0.4, -0.2) is 31.5 Å². The van der Waals surface area contributed by atoms with Crippen LogP contribution in [-0.2, 0) is 0 Å². The number of nitro benzene ring substituents is 1. The monoisotopic (exact) mass is 379 g/mol. The molecule has 2 aromatic heterocycles. The number of hydrogen-bond acceptors (Lipinski definition) is 4. The van der Waals surface area contributed by atoms with E-state index in [2.05, 4.69) is 10.3 Å². The second-order valence-electron chi connectivity index (χ2n) is 6.32. The number of aromatic nitrogens is 2. The molecule has 1 fully saturated rings. The van der Waals surface area contributed by atoms with Gasteiger partial charge in [-0.1, -0.05) is 12.1 Å². The van der Waals surface area contributed by atoms with Crippen LogP contribution in [0.25, 0.3) is 5.69 Å². The molecular formula is C19H17N5O2S. The Kier molecular flexibility index (Phi) is 4.33. The molecule has 0 bridgehead atoms. The minimum absolute atomic E-state index is 0.0573. The van der Waals surface area contributed by atoms with Crippen molar-refractivity contribution in [3.8, 4) is 5.69 Å². The minimum atomic E-state index is -0.387. The highest BCUT2D eigenvalue weighted by molar-refractivity contribution is 7.80. The van der Waals surface area contributed by atoms with E-state index in [1.165, 1.54) is 6.07 Å². The van der Waals surface area contributed by atoms with Crippen LogP contribution in [0.15, 0.2) is 67.0 Å². The molecule has 3 heterocycles. The van der Waals surface area contributed by atoms with Crippen molar-refractivity contribution >= 4 is 23.0 Å². The third-order valence-electron chi connectivity index (χ3n) is 4.74. The number of thiocarbonyl (C=S) groups is 1. The lowest BCUT2D eigenvalue weighted by Gasteiger charge is -2.25. The Morgan fingerprint density at radius 1 is 1.19 bits per heavy atom. The molecular weight excluding hydrogens is 362 g/mol. The lowest BCUT2D eigenvalue weighted by Crippen LogP contribution is -2.25. The maximum atomic E-state index is 11.1. The van der Waals surface area contributed by atoms with Crippen molar-refractivity contribution in [2.24, 2.45) is 0 Å². The molecule has 1 N–H and O–H groups in total. The van der Waals surface area contributed by atoms with Crippen LogP contribution >= 0.6 is 12.2 Å². The van der Waals surface area contributed by atoms with Gasteiger partial charge in [-0.15, -0.1) is 0 Å². The lowest BCUT2D eigenvalue weighted by molar-refractivity contribution is -0.384. The third-order valence-corrected chi connectivity index (χ3v) is 5.15. The SMILES string of the molecule is CN1C(=S)N[C@@H](c2ccccn2)[C@@H]1c1cccn1-c1cccc([N+](=O)[O-])c1. The van der Waals surface area contributed by atoms with Crippen molar-refractivity contribution in [3.63, 3.8) is 0 Å². The highest BCUT2D eigenvalue weighted by Crippen LogP contribution is 2.38. The third kappa shape index (κ3) is 3.04. The quantitative estimate of drug-likeness (QED) is 0.425. The van der Waals surface area contributed by atoms with E-state index >= 15 is 0 Å². The van der Waals surface area contributed by atoms with Crippen molar-refractivity contribution < 1.29 is 4.92 Å². The van der Waals surface area contributed by atoms with Gasteiger partial charge in [-0.25, -0.2) is 0 Å². The average Bonchev–Trinajstić information content (AvgIpc) is 3.27. The van der Waals surface area contributed by atoms with E-state index in [4.69, 9.17) is 12.2 Å². The molecule has 4 rings (SSSR count). The van der Waals surface area contributed by atoms with Crippen molar-refractivity contribution in [2.75, 3.05) is 7.05 Å². The molecule has 136 valence electrons. The largest absolute Gasteiger partial charge is 0.352 e. The second kappa shape index (κ2) is 6.81. The second-order valence-corrected chi connectivity index (χ2v) is 6.70. The summed E-state index contributed by atoms with van der Waals surface area (Å²) in [4.78, 5) is 17.2. The molecule has 2 atom stereocenters. The first-order valence-corrected chi connectivity index (χ1v) is 8.83. The number of nitrogens with zero attached hydrogens (tertiary/aromatic N) is 4. The van der Waals surface area contributed by atoms with Crippen LogP contribution in [0.3, 0.4) is 0 Å². The molecule has 0 radical (unpaired) electrons. The van der Waals surface area contributed by atoms with E-state index in [-0.39, 0.29) is 22.7 Å². The fourth-order valence-electron chi connectivity index (χ4n) is 3.46. The summed E-state index contributed by atoms with van der Waals surface area (Å²) in [6.07, 6.45) is 3.66. The molecule has 3 aromatic rings. The molecule has 0 amide bonds. The van der Waals surface area contributed by atoms with E-state index in [0.29, 0.717) is 5.11 Å². The molecule has 8 heteroatoms. The zero-order valence-electron chi connectivity index (χ0n) is 14.5. The van der Waals surface area contributed by atoms with E-state index in [1.807, 2.05) is 59.1 Å². The van der Waals surface area contributed by atoms with E-state index in [0.717, 1.165) is 17.1 Å². The van der Waals surface area contributed by atoms with Crippen molar-refractivity contribution in [1.29, 1.82) is 0 Å². The number of nitrogens with one attached hydrogen (secondary N) is 1. The Morgan fingerprint density at radius 3 is 2.78 bits per heavy atom. The van der Waals surface area contributed by atoms with Crippen LogP contribution in [0.2, 0.25) is 0 Å². The normalized spacial score (nSPS) is 19.1. The summed E-state index contributed by atoms with van der Waals surface area (Å²) in [6, 6.07) is 16.1. The molecule has 1 saturated heterocycles. The molecule has 0 spiro atoms. The van der Waals surface area contributed by atoms with Crippen molar-refractivity contribution in [3.05, 3.63) is 88.5 Å². The average molecular weight is 379 g/mol. The summed E-state index contributed by atoms with van der Waals surface area (Å²) >= 11 is 5.47. The van der Waals surface area contributed by atoms with Gasteiger partial charge >= 0.3 is 0 Å².